The summed E-state index contributed by atoms with van der Waals surface area (Å²) in [6.07, 6.45) is 7.90. The van der Waals surface area contributed by atoms with Crippen LogP contribution in [0.5, 0.6) is 0 Å². The molecule has 0 unspecified atom stereocenters. The van der Waals surface area contributed by atoms with Gasteiger partial charge in [0.25, 0.3) is 0 Å². The maximum absolute atomic E-state index is 12.4. The first kappa shape index (κ1) is 17.5. The molecule has 0 aromatic rings. The Bertz CT molecular complexity index is 465. The van der Waals surface area contributed by atoms with Crippen LogP contribution in [0, 0.1) is 0 Å². The molecule has 0 radical (unpaired) electrons. The number of urea groups is 1. The van der Waals surface area contributed by atoms with Gasteiger partial charge in [0, 0.05) is 6.04 Å². The van der Waals surface area contributed by atoms with Gasteiger partial charge in [-0.05, 0) is 38.8 Å². The number of hydrogen-bond donors (Lipinski definition) is 3. The van der Waals surface area contributed by atoms with Crippen LogP contribution >= 0.6 is 0 Å². The van der Waals surface area contributed by atoms with Crippen LogP contribution < -0.4 is 10.6 Å². The molecule has 4 rings (SSSR count). The molecule has 142 valence electrons. The van der Waals surface area contributed by atoms with Gasteiger partial charge in [-0.2, -0.15) is 0 Å². The lowest BCUT2D eigenvalue weighted by atomic mass is 9.93. The molecule has 4 aliphatic rings. The van der Waals surface area contributed by atoms with E-state index >= 15 is 0 Å². The van der Waals surface area contributed by atoms with Crippen LogP contribution in [-0.4, -0.2) is 72.4 Å². The molecular formula is C18H31N3O4. The fourth-order valence-corrected chi connectivity index (χ4v) is 4.81. The number of aliphatic hydroxyl groups excluding tert-OH is 1. The Hall–Kier alpha value is -0.890. The predicted octanol–water partition coefficient (Wildman–Crippen LogP) is 0.957. The number of nitrogens with one attached hydrogen (secondary N) is 2. The molecule has 7 nitrogen and oxygen atoms in total. The zero-order chi connectivity index (χ0) is 17.2. The summed E-state index contributed by atoms with van der Waals surface area (Å²) < 4.78 is 11.7. The minimum Gasteiger partial charge on any atom is -0.389 e. The van der Waals surface area contributed by atoms with Gasteiger partial charge in [-0.25, -0.2) is 4.79 Å². The number of fused-ring (bicyclic) bond motifs is 2. The molecule has 3 heterocycles. The molecule has 2 amide bonds. The number of rotatable bonds is 3. The Morgan fingerprint density at radius 1 is 1.00 bits per heavy atom. The van der Waals surface area contributed by atoms with E-state index < -0.39 is 12.1 Å². The number of piperidine rings is 1. The van der Waals surface area contributed by atoms with E-state index in [1.807, 2.05) is 0 Å². The highest BCUT2D eigenvalue weighted by atomic mass is 16.7. The lowest BCUT2D eigenvalue weighted by Gasteiger charge is -2.45. The number of ether oxygens (including phenoxy) is 2. The van der Waals surface area contributed by atoms with Crippen molar-refractivity contribution in [2.45, 2.75) is 88.0 Å². The van der Waals surface area contributed by atoms with E-state index in [0.29, 0.717) is 6.61 Å². The van der Waals surface area contributed by atoms with E-state index in [-0.39, 0.29) is 30.5 Å². The van der Waals surface area contributed by atoms with E-state index in [2.05, 4.69) is 15.5 Å². The van der Waals surface area contributed by atoms with Crippen molar-refractivity contribution in [3.8, 4) is 0 Å². The van der Waals surface area contributed by atoms with Crippen molar-refractivity contribution in [2.24, 2.45) is 0 Å². The molecule has 5 atom stereocenters. The standard InChI is InChI=1S/C18H31N3O4/c22-16-14(20-18(23)19-12-7-3-1-4-8-12)13-11-24-17(25-13)15(16)21-9-5-2-6-10-21/h12-17,22H,1-11H2,(H2,19,20,23)/t13-,14-,15-,16+,17-/m1/s1. The molecule has 0 spiro atoms. The van der Waals surface area contributed by atoms with Crippen molar-refractivity contribution < 1.29 is 19.4 Å². The summed E-state index contributed by atoms with van der Waals surface area (Å²) in [5.74, 6) is 0. The predicted molar refractivity (Wildman–Crippen MR) is 92.2 cm³/mol. The molecule has 3 N–H and O–H groups in total. The van der Waals surface area contributed by atoms with Gasteiger partial charge in [0.1, 0.15) is 6.10 Å². The number of amides is 2. The maximum atomic E-state index is 12.4. The van der Waals surface area contributed by atoms with Crippen LogP contribution in [0.1, 0.15) is 51.4 Å². The zero-order valence-electron chi connectivity index (χ0n) is 14.9. The fraction of sp³-hybridized carbons (Fsp3) is 0.944. The molecule has 2 bridgehead atoms. The van der Waals surface area contributed by atoms with Crippen LogP contribution in [-0.2, 0) is 9.47 Å². The summed E-state index contributed by atoms with van der Waals surface area (Å²) in [5, 5.41) is 17.0. The van der Waals surface area contributed by atoms with Crippen LogP contribution in [0.2, 0.25) is 0 Å². The van der Waals surface area contributed by atoms with E-state index in [0.717, 1.165) is 38.8 Å². The van der Waals surface area contributed by atoms with E-state index in [9.17, 15) is 9.90 Å². The quantitative estimate of drug-likeness (QED) is 0.704. The molecule has 7 heteroatoms. The molecule has 25 heavy (non-hydrogen) atoms. The fourth-order valence-electron chi connectivity index (χ4n) is 4.81. The van der Waals surface area contributed by atoms with Gasteiger partial charge in [0.05, 0.1) is 24.8 Å². The molecule has 4 fully saturated rings. The number of aliphatic hydroxyl groups is 1. The first-order valence-electron chi connectivity index (χ1n) is 9.98. The Morgan fingerprint density at radius 3 is 2.48 bits per heavy atom. The van der Waals surface area contributed by atoms with Crippen molar-refractivity contribution in [3.63, 3.8) is 0 Å². The van der Waals surface area contributed by atoms with Crippen LogP contribution in [0.3, 0.4) is 0 Å². The Morgan fingerprint density at radius 2 is 1.72 bits per heavy atom. The van der Waals surface area contributed by atoms with Gasteiger partial charge >= 0.3 is 6.03 Å². The second kappa shape index (κ2) is 7.78. The average Bonchev–Trinajstić information content (AvgIpc) is 3.06. The van der Waals surface area contributed by atoms with Gasteiger partial charge in [-0.3, -0.25) is 4.90 Å². The zero-order valence-corrected chi connectivity index (χ0v) is 14.9. The Labute approximate surface area is 149 Å². The Kier molecular flexibility index (Phi) is 5.45. The molecule has 3 saturated heterocycles. The highest BCUT2D eigenvalue weighted by molar-refractivity contribution is 5.74. The van der Waals surface area contributed by atoms with Crippen LogP contribution in [0.25, 0.3) is 0 Å². The van der Waals surface area contributed by atoms with Crippen molar-refractivity contribution in [3.05, 3.63) is 0 Å². The molecule has 0 aromatic carbocycles. The second-order valence-electron chi connectivity index (χ2n) is 7.93. The second-order valence-corrected chi connectivity index (χ2v) is 7.93. The van der Waals surface area contributed by atoms with Crippen molar-refractivity contribution in [1.82, 2.24) is 15.5 Å². The monoisotopic (exact) mass is 353 g/mol. The number of likely N-dealkylation sites (tertiary alicyclic amines) is 1. The summed E-state index contributed by atoms with van der Waals surface area (Å²) in [4.78, 5) is 14.7. The third-order valence-electron chi connectivity index (χ3n) is 6.18. The lowest BCUT2D eigenvalue weighted by molar-refractivity contribution is -0.183. The number of nitrogens with zero attached hydrogens (tertiary/aromatic N) is 1. The van der Waals surface area contributed by atoms with Crippen LogP contribution in [0.4, 0.5) is 4.79 Å². The van der Waals surface area contributed by atoms with E-state index in [4.69, 9.17) is 9.47 Å². The molecule has 1 saturated carbocycles. The number of carbonyl (C=O) groups is 1. The summed E-state index contributed by atoms with van der Waals surface area (Å²) in [5.41, 5.74) is 0. The summed E-state index contributed by atoms with van der Waals surface area (Å²) in [7, 11) is 0. The average molecular weight is 353 g/mol. The largest absolute Gasteiger partial charge is 0.389 e. The minimum absolute atomic E-state index is 0.192. The first-order valence-corrected chi connectivity index (χ1v) is 9.98. The highest BCUT2D eigenvalue weighted by Gasteiger charge is 2.52. The van der Waals surface area contributed by atoms with Crippen LogP contribution in [0.15, 0.2) is 0 Å². The third-order valence-corrected chi connectivity index (χ3v) is 6.18. The number of hydrogen-bond acceptors (Lipinski definition) is 5. The topological polar surface area (TPSA) is 83.1 Å². The molecular weight excluding hydrogens is 322 g/mol. The molecule has 1 aliphatic carbocycles. The van der Waals surface area contributed by atoms with Gasteiger partial charge < -0.3 is 25.2 Å². The molecule has 0 aromatic heterocycles. The summed E-state index contributed by atoms with van der Waals surface area (Å²) in [6, 6.07) is -0.559. The smallest absolute Gasteiger partial charge is 0.315 e. The van der Waals surface area contributed by atoms with E-state index in [1.54, 1.807) is 0 Å². The normalized spacial score (nSPS) is 40.0. The summed E-state index contributed by atoms with van der Waals surface area (Å²) in [6.45, 7) is 2.34. The van der Waals surface area contributed by atoms with Gasteiger partial charge in [0.15, 0.2) is 6.29 Å². The SMILES string of the molecule is O=C(NC1CCCCC1)N[C@H]1[C@H](O)[C@@H](N2CCCCC2)[C@@H]2OC[C@H]1O2. The van der Waals surface area contributed by atoms with Crippen molar-refractivity contribution in [2.75, 3.05) is 19.7 Å². The maximum Gasteiger partial charge on any atom is 0.315 e. The van der Waals surface area contributed by atoms with Crippen molar-refractivity contribution in [1.29, 1.82) is 0 Å². The minimum atomic E-state index is -0.665. The molecule has 3 aliphatic heterocycles. The number of carbonyl (C=O) groups excluding carboxylic acids is 1. The first-order chi connectivity index (χ1) is 12.2. The van der Waals surface area contributed by atoms with Gasteiger partial charge in [-0.15, -0.1) is 0 Å². The van der Waals surface area contributed by atoms with Crippen molar-refractivity contribution >= 4 is 6.03 Å². The Balaban J connectivity index is 1.38. The lowest BCUT2D eigenvalue weighted by Crippen LogP contribution is -2.66. The third kappa shape index (κ3) is 3.79. The van der Waals surface area contributed by atoms with Gasteiger partial charge in [-0.1, -0.05) is 25.7 Å². The van der Waals surface area contributed by atoms with E-state index in [1.165, 1.54) is 25.7 Å². The summed E-state index contributed by atoms with van der Waals surface area (Å²) >= 11 is 0. The highest BCUT2D eigenvalue weighted by Crippen LogP contribution is 2.32. The van der Waals surface area contributed by atoms with Gasteiger partial charge in [0.2, 0.25) is 0 Å².